The molecule has 0 N–H and O–H groups in total. The van der Waals surface area contributed by atoms with Gasteiger partial charge in [0.1, 0.15) is 0 Å². The average Bonchev–Trinajstić information content (AvgIpc) is 2.24. The Kier molecular flexibility index (Phi) is 5.91. The Hall–Kier alpha value is -0.970. The van der Waals surface area contributed by atoms with Gasteiger partial charge >= 0.3 is 5.51 Å². The molecule has 5 heteroatoms. The summed E-state index contributed by atoms with van der Waals surface area (Å²) in [5.41, 5.74) is -3.66. The van der Waals surface area contributed by atoms with Crippen molar-refractivity contribution in [3.63, 3.8) is 0 Å². The number of carbonyl (C=O) groups is 1. The number of carbonyl (C=O) groups excluding carboxylic acids is 1. The highest BCUT2D eigenvalue weighted by Crippen LogP contribution is 2.36. The van der Waals surface area contributed by atoms with Crippen LogP contribution < -0.4 is 0 Å². The van der Waals surface area contributed by atoms with Crippen LogP contribution in [0.5, 0.6) is 0 Å². The first-order valence-electron chi connectivity index (χ1n) is 6.85. The van der Waals surface area contributed by atoms with Gasteiger partial charge in [-0.05, 0) is 41.6 Å². The van der Waals surface area contributed by atoms with Crippen molar-refractivity contribution in [2.45, 2.75) is 50.9 Å². The topological polar surface area (TPSA) is 17.1 Å². The van der Waals surface area contributed by atoms with E-state index in [1.807, 2.05) is 6.92 Å². The first-order valence-corrected chi connectivity index (χ1v) is 7.67. The van der Waals surface area contributed by atoms with E-state index in [9.17, 15) is 18.0 Å². The molecule has 1 atom stereocenters. The van der Waals surface area contributed by atoms with Gasteiger partial charge in [-0.25, -0.2) is 0 Å². The quantitative estimate of drug-likeness (QED) is 0.493. The van der Waals surface area contributed by atoms with Crippen molar-refractivity contribution in [3.05, 3.63) is 29.8 Å². The Morgan fingerprint density at radius 2 is 1.67 bits per heavy atom. The lowest BCUT2D eigenvalue weighted by atomic mass is 9.83. The van der Waals surface area contributed by atoms with E-state index in [2.05, 4.69) is 20.8 Å². The highest BCUT2D eigenvalue weighted by molar-refractivity contribution is 8.00. The first kappa shape index (κ1) is 18.1. The summed E-state index contributed by atoms with van der Waals surface area (Å²) in [6.07, 6.45) is 1.35. The summed E-state index contributed by atoms with van der Waals surface area (Å²) in [5, 5.41) is 0. The highest BCUT2D eigenvalue weighted by atomic mass is 32.2. The van der Waals surface area contributed by atoms with E-state index in [-0.39, 0.29) is 33.8 Å². The molecule has 0 aromatic heterocycles. The molecule has 1 rings (SSSR count). The molecule has 0 amide bonds. The summed E-state index contributed by atoms with van der Waals surface area (Å²) < 4.78 is 36.7. The molecule has 0 bridgehead atoms. The number of hydrogen-bond acceptors (Lipinski definition) is 2. The van der Waals surface area contributed by atoms with Gasteiger partial charge in [-0.2, -0.15) is 13.2 Å². The smallest absolute Gasteiger partial charge is 0.294 e. The standard InChI is InChI=1S/C16H21F3OS/c1-11(10-15(2,3)4)9-14(20)12-5-7-13(8-6-12)21-16(17,18)19/h5-8,11H,9-10H2,1-4H3. The Morgan fingerprint density at radius 1 is 1.14 bits per heavy atom. The first-order chi connectivity index (χ1) is 9.46. The Bertz CT molecular complexity index is 472. The minimum atomic E-state index is -4.30. The zero-order valence-electron chi connectivity index (χ0n) is 12.8. The van der Waals surface area contributed by atoms with Crippen molar-refractivity contribution in [1.29, 1.82) is 0 Å². The van der Waals surface area contributed by atoms with Crippen molar-refractivity contribution in [3.8, 4) is 0 Å². The van der Waals surface area contributed by atoms with Gasteiger partial charge in [-0.1, -0.05) is 39.8 Å². The van der Waals surface area contributed by atoms with Crippen LogP contribution in [-0.2, 0) is 0 Å². The molecule has 1 aromatic carbocycles. The SMILES string of the molecule is CC(CC(=O)c1ccc(SC(F)(F)F)cc1)CC(C)(C)C. The average molecular weight is 318 g/mol. The molecule has 1 aromatic rings. The number of alkyl halides is 3. The van der Waals surface area contributed by atoms with Crippen molar-refractivity contribution in [2.75, 3.05) is 0 Å². The van der Waals surface area contributed by atoms with Crippen LogP contribution in [0.2, 0.25) is 0 Å². The molecule has 0 spiro atoms. The van der Waals surface area contributed by atoms with Crippen molar-refractivity contribution in [2.24, 2.45) is 11.3 Å². The molecule has 21 heavy (non-hydrogen) atoms. The molecule has 118 valence electrons. The summed E-state index contributed by atoms with van der Waals surface area (Å²) in [6.45, 7) is 8.39. The normalized spacial score (nSPS) is 14.0. The fourth-order valence-electron chi connectivity index (χ4n) is 2.39. The van der Waals surface area contributed by atoms with Crippen LogP contribution in [0.1, 0.15) is 50.9 Å². The third-order valence-electron chi connectivity index (χ3n) is 2.90. The lowest BCUT2D eigenvalue weighted by Gasteiger charge is -2.22. The second-order valence-corrected chi connectivity index (χ2v) is 7.71. The van der Waals surface area contributed by atoms with Crippen LogP contribution >= 0.6 is 11.8 Å². The number of benzene rings is 1. The maximum Gasteiger partial charge on any atom is 0.446 e. The van der Waals surface area contributed by atoms with Gasteiger partial charge in [0.15, 0.2) is 5.78 Å². The number of rotatable bonds is 5. The molecular formula is C16H21F3OS. The van der Waals surface area contributed by atoms with E-state index in [0.717, 1.165) is 6.42 Å². The van der Waals surface area contributed by atoms with Crippen molar-refractivity contribution < 1.29 is 18.0 Å². The van der Waals surface area contributed by atoms with Gasteiger partial charge < -0.3 is 0 Å². The van der Waals surface area contributed by atoms with Crippen LogP contribution in [0.4, 0.5) is 13.2 Å². The molecule has 1 unspecified atom stereocenters. The third-order valence-corrected chi connectivity index (χ3v) is 3.64. The molecule has 0 fully saturated rings. The van der Waals surface area contributed by atoms with Crippen LogP contribution in [0, 0.1) is 11.3 Å². The number of ketones is 1. The molecule has 0 aliphatic carbocycles. The van der Waals surface area contributed by atoms with E-state index in [1.54, 1.807) is 0 Å². The maximum absolute atomic E-state index is 12.2. The number of thioether (sulfide) groups is 1. The summed E-state index contributed by atoms with van der Waals surface area (Å²) in [4.78, 5) is 12.2. The molecule has 0 heterocycles. The van der Waals surface area contributed by atoms with E-state index >= 15 is 0 Å². The summed E-state index contributed by atoms with van der Waals surface area (Å²) >= 11 is -0.168. The lowest BCUT2D eigenvalue weighted by molar-refractivity contribution is -0.0328. The van der Waals surface area contributed by atoms with Crippen molar-refractivity contribution >= 4 is 17.5 Å². The molecule has 0 aliphatic heterocycles. The second kappa shape index (κ2) is 6.86. The molecule has 0 saturated heterocycles. The fourth-order valence-corrected chi connectivity index (χ4v) is 2.93. The fraction of sp³-hybridized carbons (Fsp3) is 0.562. The number of hydrogen-bond donors (Lipinski definition) is 0. The molecular weight excluding hydrogens is 297 g/mol. The van der Waals surface area contributed by atoms with Crippen LogP contribution in [-0.4, -0.2) is 11.3 Å². The minimum absolute atomic E-state index is 0.0182. The van der Waals surface area contributed by atoms with E-state index in [0.29, 0.717) is 12.0 Å². The maximum atomic E-state index is 12.2. The monoisotopic (exact) mass is 318 g/mol. The molecule has 0 saturated carbocycles. The minimum Gasteiger partial charge on any atom is -0.294 e. The van der Waals surface area contributed by atoms with Crippen LogP contribution in [0.15, 0.2) is 29.2 Å². The second-order valence-electron chi connectivity index (χ2n) is 6.57. The van der Waals surface area contributed by atoms with Gasteiger partial charge in [-0.15, -0.1) is 0 Å². The number of halogens is 3. The van der Waals surface area contributed by atoms with Gasteiger partial charge in [0.05, 0.1) is 0 Å². The summed E-state index contributed by atoms with van der Waals surface area (Å²) in [5.74, 6) is 0.233. The van der Waals surface area contributed by atoms with Crippen LogP contribution in [0.3, 0.4) is 0 Å². The molecule has 0 aliphatic rings. The third kappa shape index (κ3) is 7.55. The number of Topliss-reactive ketones (excluding diaryl/α,β-unsaturated/α-hetero) is 1. The van der Waals surface area contributed by atoms with Gasteiger partial charge in [0.2, 0.25) is 0 Å². The summed E-state index contributed by atoms with van der Waals surface area (Å²) in [6, 6.07) is 5.64. The van der Waals surface area contributed by atoms with Gasteiger partial charge in [-0.3, -0.25) is 4.79 Å². The predicted molar refractivity (Wildman–Crippen MR) is 80.5 cm³/mol. The largest absolute Gasteiger partial charge is 0.446 e. The van der Waals surface area contributed by atoms with Gasteiger partial charge in [0.25, 0.3) is 0 Å². The lowest BCUT2D eigenvalue weighted by Crippen LogP contribution is -2.14. The predicted octanol–water partition coefficient (Wildman–Crippen LogP) is 5.94. The van der Waals surface area contributed by atoms with Crippen LogP contribution in [0.25, 0.3) is 0 Å². The molecule has 1 nitrogen and oxygen atoms in total. The van der Waals surface area contributed by atoms with Crippen molar-refractivity contribution in [1.82, 2.24) is 0 Å². The Balaban J connectivity index is 2.63. The Labute approximate surface area is 128 Å². The Morgan fingerprint density at radius 3 is 2.10 bits per heavy atom. The highest BCUT2D eigenvalue weighted by Gasteiger charge is 2.29. The van der Waals surface area contributed by atoms with Gasteiger partial charge in [0, 0.05) is 16.9 Å². The van der Waals surface area contributed by atoms with E-state index < -0.39 is 5.51 Å². The van der Waals surface area contributed by atoms with E-state index in [4.69, 9.17) is 0 Å². The zero-order valence-corrected chi connectivity index (χ0v) is 13.6. The molecule has 0 radical (unpaired) electrons. The summed E-state index contributed by atoms with van der Waals surface area (Å²) in [7, 11) is 0. The zero-order chi connectivity index (χ0) is 16.3. The van der Waals surface area contributed by atoms with E-state index in [1.165, 1.54) is 24.3 Å².